The summed E-state index contributed by atoms with van der Waals surface area (Å²) >= 11 is 0. The molecule has 0 radical (unpaired) electrons. The highest BCUT2D eigenvalue weighted by Crippen LogP contribution is 2.30. The van der Waals surface area contributed by atoms with Crippen LogP contribution in [-0.2, 0) is 16.0 Å². The smallest absolute Gasteiger partial charge is 0.255 e. The number of rotatable bonds is 6. The third-order valence-electron chi connectivity index (χ3n) is 4.14. The molecule has 1 aliphatic rings. The van der Waals surface area contributed by atoms with Crippen molar-refractivity contribution in [1.29, 1.82) is 0 Å². The van der Waals surface area contributed by atoms with Gasteiger partial charge >= 0.3 is 0 Å². The van der Waals surface area contributed by atoms with Gasteiger partial charge < -0.3 is 15.8 Å². The Morgan fingerprint density at radius 2 is 1.92 bits per heavy atom. The largest absolute Gasteiger partial charge is 0.484 e. The second kappa shape index (κ2) is 7.66. The zero-order chi connectivity index (χ0) is 17.6. The number of carbonyl (C=O) groups excluding carboxylic acids is 2. The molecular weight excluding hydrogens is 316 g/mol. The quantitative estimate of drug-likeness (QED) is 0.795. The lowest BCUT2D eigenvalue weighted by molar-refractivity contribution is -0.120. The maximum Gasteiger partial charge on any atom is 0.255 e. The Balaban J connectivity index is 1.55. The summed E-state index contributed by atoms with van der Waals surface area (Å²) in [5.74, 6) is -0.0761. The number of amides is 2. The molecule has 25 heavy (non-hydrogen) atoms. The van der Waals surface area contributed by atoms with Crippen LogP contribution >= 0.6 is 0 Å². The average Bonchev–Trinajstić information content (AvgIpc) is 3.02. The zero-order valence-corrected chi connectivity index (χ0v) is 13.8. The van der Waals surface area contributed by atoms with Crippen molar-refractivity contribution in [2.24, 2.45) is 5.73 Å². The molecule has 5 nitrogen and oxygen atoms in total. The topological polar surface area (TPSA) is 81.4 Å². The van der Waals surface area contributed by atoms with Crippen LogP contribution in [0.4, 0.5) is 0 Å². The molecule has 2 aromatic rings. The molecule has 5 heteroatoms. The molecule has 2 aromatic carbocycles. The highest BCUT2D eigenvalue weighted by Gasteiger charge is 2.22. The number of benzene rings is 2. The van der Waals surface area contributed by atoms with Gasteiger partial charge in [-0.15, -0.1) is 0 Å². The first kappa shape index (κ1) is 16.8. The van der Waals surface area contributed by atoms with Crippen molar-refractivity contribution in [3.8, 4) is 5.75 Å². The Morgan fingerprint density at radius 3 is 2.68 bits per heavy atom. The van der Waals surface area contributed by atoms with Gasteiger partial charge in [0, 0.05) is 6.08 Å². The number of carbonyl (C=O) groups is 2. The summed E-state index contributed by atoms with van der Waals surface area (Å²) in [7, 11) is 0. The number of ether oxygens (including phenoxy) is 1. The number of primary amides is 1. The molecule has 0 saturated heterocycles. The van der Waals surface area contributed by atoms with Crippen molar-refractivity contribution in [2.75, 3.05) is 6.61 Å². The van der Waals surface area contributed by atoms with Crippen LogP contribution in [0.15, 0.2) is 54.6 Å². The molecule has 1 atom stereocenters. The van der Waals surface area contributed by atoms with Crippen LogP contribution in [0.1, 0.15) is 29.2 Å². The molecule has 0 saturated carbocycles. The van der Waals surface area contributed by atoms with E-state index in [1.807, 2.05) is 24.3 Å². The summed E-state index contributed by atoms with van der Waals surface area (Å²) in [6, 6.07) is 15.4. The highest BCUT2D eigenvalue weighted by atomic mass is 16.5. The Hall–Kier alpha value is -3.08. The second-order valence-electron chi connectivity index (χ2n) is 5.96. The number of nitrogens with two attached hydrogens (primary N) is 1. The minimum Gasteiger partial charge on any atom is -0.484 e. The number of nitrogens with one attached hydrogen (secondary N) is 1. The van der Waals surface area contributed by atoms with Crippen molar-refractivity contribution in [2.45, 2.75) is 18.9 Å². The third kappa shape index (κ3) is 4.47. The normalized spacial score (nSPS) is 15.8. The molecule has 2 amide bonds. The molecule has 0 aromatic heterocycles. The van der Waals surface area contributed by atoms with Crippen LogP contribution in [-0.4, -0.2) is 18.4 Å². The van der Waals surface area contributed by atoms with Gasteiger partial charge in [-0.2, -0.15) is 0 Å². The fourth-order valence-electron chi connectivity index (χ4n) is 2.93. The Bertz CT molecular complexity index is 797. The van der Waals surface area contributed by atoms with Gasteiger partial charge in [-0.05, 0) is 47.7 Å². The summed E-state index contributed by atoms with van der Waals surface area (Å²) in [5, 5.41) is 3.05. The van der Waals surface area contributed by atoms with E-state index in [1.165, 1.54) is 17.2 Å². The van der Waals surface area contributed by atoms with Gasteiger partial charge in [-0.25, -0.2) is 0 Å². The van der Waals surface area contributed by atoms with Crippen molar-refractivity contribution in [3.05, 3.63) is 71.3 Å². The number of fused-ring (bicyclic) bond motifs is 1. The first-order valence-electron chi connectivity index (χ1n) is 8.19. The van der Waals surface area contributed by atoms with Gasteiger partial charge in [-0.1, -0.05) is 36.4 Å². The highest BCUT2D eigenvalue weighted by molar-refractivity contribution is 5.92. The van der Waals surface area contributed by atoms with Gasteiger partial charge in [0.15, 0.2) is 6.61 Å². The van der Waals surface area contributed by atoms with Crippen LogP contribution in [0.3, 0.4) is 0 Å². The minimum absolute atomic E-state index is 0.0814. The maximum atomic E-state index is 12.2. The number of aryl methyl sites for hydroxylation is 1. The first-order chi connectivity index (χ1) is 12.1. The van der Waals surface area contributed by atoms with Crippen LogP contribution in [0.2, 0.25) is 0 Å². The van der Waals surface area contributed by atoms with Crippen LogP contribution in [0, 0.1) is 0 Å². The Labute approximate surface area is 146 Å². The lowest BCUT2D eigenvalue weighted by atomic mass is 10.1. The van der Waals surface area contributed by atoms with Crippen molar-refractivity contribution < 1.29 is 14.3 Å². The van der Waals surface area contributed by atoms with Gasteiger partial charge in [0.05, 0.1) is 6.04 Å². The van der Waals surface area contributed by atoms with Gasteiger partial charge in [0.25, 0.3) is 5.91 Å². The van der Waals surface area contributed by atoms with Crippen LogP contribution < -0.4 is 15.8 Å². The van der Waals surface area contributed by atoms with Crippen LogP contribution in [0.5, 0.6) is 5.75 Å². The van der Waals surface area contributed by atoms with E-state index in [9.17, 15) is 9.59 Å². The molecule has 0 fully saturated rings. The predicted octanol–water partition coefficient (Wildman–Crippen LogP) is 2.37. The number of hydrogen-bond acceptors (Lipinski definition) is 3. The third-order valence-corrected chi connectivity index (χ3v) is 4.14. The molecule has 128 valence electrons. The Morgan fingerprint density at radius 1 is 1.16 bits per heavy atom. The van der Waals surface area contributed by atoms with Crippen molar-refractivity contribution in [1.82, 2.24) is 5.32 Å². The maximum absolute atomic E-state index is 12.2. The van der Waals surface area contributed by atoms with Crippen molar-refractivity contribution in [3.63, 3.8) is 0 Å². The van der Waals surface area contributed by atoms with E-state index >= 15 is 0 Å². The van der Waals surface area contributed by atoms with E-state index in [0.717, 1.165) is 18.4 Å². The molecule has 3 rings (SSSR count). The van der Waals surface area contributed by atoms with E-state index in [-0.39, 0.29) is 18.6 Å². The van der Waals surface area contributed by atoms with E-state index < -0.39 is 5.91 Å². The molecule has 3 N–H and O–H groups in total. The van der Waals surface area contributed by atoms with E-state index in [2.05, 4.69) is 17.4 Å². The predicted molar refractivity (Wildman–Crippen MR) is 95.8 cm³/mol. The molecule has 0 spiro atoms. The number of hydrogen-bond donors (Lipinski definition) is 2. The van der Waals surface area contributed by atoms with E-state index in [0.29, 0.717) is 5.75 Å². The molecule has 1 aliphatic carbocycles. The van der Waals surface area contributed by atoms with E-state index in [4.69, 9.17) is 10.5 Å². The SMILES string of the molecule is NC(=O)COc1ccc(/C=C/C(=O)NC2CCc3ccccc32)cc1. The summed E-state index contributed by atoms with van der Waals surface area (Å²) in [6.45, 7) is -0.152. The molecule has 0 aliphatic heterocycles. The second-order valence-corrected chi connectivity index (χ2v) is 5.96. The molecule has 0 heterocycles. The monoisotopic (exact) mass is 336 g/mol. The fourth-order valence-corrected chi connectivity index (χ4v) is 2.93. The summed E-state index contributed by atoms with van der Waals surface area (Å²) in [4.78, 5) is 22.8. The standard InChI is InChI=1S/C20H20N2O3/c21-19(23)13-25-16-9-5-14(6-10-16)7-12-20(24)22-18-11-8-15-3-1-2-4-17(15)18/h1-7,9-10,12,18H,8,11,13H2,(H2,21,23)(H,22,24)/b12-7+. The summed E-state index contributed by atoms with van der Waals surface area (Å²) in [6.07, 6.45) is 5.21. The molecule has 1 unspecified atom stereocenters. The van der Waals surface area contributed by atoms with Gasteiger partial charge in [0.1, 0.15) is 5.75 Å². The lowest BCUT2D eigenvalue weighted by Crippen LogP contribution is -2.25. The lowest BCUT2D eigenvalue weighted by Gasteiger charge is -2.12. The first-order valence-corrected chi connectivity index (χ1v) is 8.19. The summed E-state index contributed by atoms with van der Waals surface area (Å²) < 4.78 is 5.19. The van der Waals surface area contributed by atoms with Crippen LogP contribution in [0.25, 0.3) is 6.08 Å². The summed E-state index contributed by atoms with van der Waals surface area (Å²) in [5.41, 5.74) is 8.41. The molecular formula is C20H20N2O3. The minimum atomic E-state index is -0.519. The van der Waals surface area contributed by atoms with Gasteiger partial charge in [0.2, 0.25) is 5.91 Å². The van der Waals surface area contributed by atoms with E-state index in [1.54, 1.807) is 18.2 Å². The average molecular weight is 336 g/mol. The van der Waals surface area contributed by atoms with Crippen molar-refractivity contribution >= 4 is 17.9 Å². The molecule has 0 bridgehead atoms. The zero-order valence-electron chi connectivity index (χ0n) is 13.8. The fraction of sp³-hybridized carbons (Fsp3) is 0.200. The Kier molecular flexibility index (Phi) is 5.14. The van der Waals surface area contributed by atoms with Gasteiger partial charge in [-0.3, -0.25) is 9.59 Å².